The van der Waals surface area contributed by atoms with Crippen molar-refractivity contribution in [2.75, 3.05) is 30.9 Å². The van der Waals surface area contributed by atoms with Gasteiger partial charge in [0.15, 0.2) is 0 Å². The fourth-order valence-corrected chi connectivity index (χ4v) is 2.34. The third-order valence-electron chi connectivity index (χ3n) is 2.86. The van der Waals surface area contributed by atoms with E-state index >= 15 is 0 Å². The highest BCUT2D eigenvalue weighted by Crippen LogP contribution is 2.28. The summed E-state index contributed by atoms with van der Waals surface area (Å²) in [4.78, 5) is 8.71. The molecule has 5 nitrogen and oxygen atoms in total. The summed E-state index contributed by atoms with van der Waals surface area (Å²) in [5.74, 6) is 2.10. The Morgan fingerprint density at radius 1 is 1.14 bits per heavy atom. The van der Waals surface area contributed by atoms with E-state index in [1.807, 2.05) is 19.1 Å². The first-order valence-electron chi connectivity index (χ1n) is 6.89. The summed E-state index contributed by atoms with van der Waals surface area (Å²) < 4.78 is 5.02. The molecule has 1 aromatic heterocycles. The number of methoxy groups -OCH3 is 1. The van der Waals surface area contributed by atoms with E-state index in [-0.39, 0.29) is 0 Å². The maximum atomic E-state index is 6.16. The van der Waals surface area contributed by atoms with E-state index in [2.05, 4.69) is 20.6 Å². The van der Waals surface area contributed by atoms with Crippen LogP contribution in [0, 0.1) is 6.92 Å². The highest BCUT2D eigenvalue weighted by Gasteiger charge is 2.05. The van der Waals surface area contributed by atoms with Gasteiger partial charge in [0.2, 0.25) is 0 Å². The van der Waals surface area contributed by atoms with E-state index in [9.17, 15) is 0 Å². The summed E-state index contributed by atoms with van der Waals surface area (Å²) in [7, 11) is 1.69. The van der Waals surface area contributed by atoms with Crippen LogP contribution in [0.3, 0.4) is 0 Å². The number of hydrogen-bond donors (Lipinski definition) is 2. The molecular formula is C15H18Cl2N4O. The minimum atomic E-state index is 0.540. The van der Waals surface area contributed by atoms with Gasteiger partial charge in [-0.25, -0.2) is 9.97 Å². The van der Waals surface area contributed by atoms with Gasteiger partial charge in [0.1, 0.15) is 17.5 Å². The van der Waals surface area contributed by atoms with Crippen LogP contribution in [-0.4, -0.2) is 30.2 Å². The van der Waals surface area contributed by atoms with Crippen molar-refractivity contribution in [3.05, 3.63) is 40.1 Å². The standard InChI is InChI=1S/C15H18Cl2N4O/c1-10-19-14(18-6-3-7-22-2)9-15(20-10)21-13-5-4-11(16)8-12(13)17/h4-5,8-9H,3,6-7H2,1-2H3,(H2,18,19,20,21). The number of ether oxygens (including phenoxy) is 1. The first-order chi connectivity index (χ1) is 10.6. The van der Waals surface area contributed by atoms with Crippen molar-refractivity contribution in [1.29, 1.82) is 0 Å². The molecule has 118 valence electrons. The fraction of sp³-hybridized carbons (Fsp3) is 0.333. The van der Waals surface area contributed by atoms with Gasteiger partial charge in [0, 0.05) is 31.4 Å². The second-order valence-electron chi connectivity index (χ2n) is 4.71. The van der Waals surface area contributed by atoms with Crippen molar-refractivity contribution in [2.24, 2.45) is 0 Å². The molecule has 2 aromatic rings. The Morgan fingerprint density at radius 2 is 1.91 bits per heavy atom. The fourth-order valence-electron chi connectivity index (χ4n) is 1.88. The van der Waals surface area contributed by atoms with Crippen LogP contribution in [0.4, 0.5) is 17.3 Å². The molecule has 0 atom stereocenters. The van der Waals surface area contributed by atoms with Crippen LogP contribution >= 0.6 is 23.2 Å². The van der Waals surface area contributed by atoms with Gasteiger partial charge in [-0.2, -0.15) is 0 Å². The Balaban J connectivity index is 2.08. The van der Waals surface area contributed by atoms with Crippen LogP contribution in [0.2, 0.25) is 10.0 Å². The van der Waals surface area contributed by atoms with E-state index in [0.717, 1.165) is 24.5 Å². The van der Waals surface area contributed by atoms with Gasteiger partial charge in [-0.15, -0.1) is 0 Å². The van der Waals surface area contributed by atoms with Gasteiger partial charge >= 0.3 is 0 Å². The first kappa shape index (κ1) is 16.8. The number of benzene rings is 1. The number of rotatable bonds is 7. The molecule has 0 saturated carbocycles. The van der Waals surface area contributed by atoms with E-state index < -0.39 is 0 Å². The lowest BCUT2D eigenvalue weighted by Crippen LogP contribution is -2.08. The second kappa shape index (κ2) is 8.17. The quantitative estimate of drug-likeness (QED) is 0.736. The van der Waals surface area contributed by atoms with E-state index in [4.69, 9.17) is 27.9 Å². The summed E-state index contributed by atoms with van der Waals surface area (Å²) in [6.07, 6.45) is 0.908. The predicted octanol–water partition coefficient (Wildman–Crippen LogP) is 4.28. The molecule has 7 heteroatoms. The van der Waals surface area contributed by atoms with Gasteiger partial charge in [-0.05, 0) is 31.5 Å². The number of aromatic nitrogens is 2. The Morgan fingerprint density at radius 3 is 2.64 bits per heavy atom. The highest BCUT2D eigenvalue weighted by atomic mass is 35.5. The summed E-state index contributed by atoms with van der Waals surface area (Å²) in [6, 6.07) is 7.11. The molecule has 0 radical (unpaired) electrons. The highest BCUT2D eigenvalue weighted by molar-refractivity contribution is 6.36. The normalized spacial score (nSPS) is 10.5. The van der Waals surface area contributed by atoms with Crippen LogP contribution in [-0.2, 0) is 4.74 Å². The molecule has 0 aliphatic carbocycles. The minimum absolute atomic E-state index is 0.540. The number of nitrogens with one attached hydrogen (secondary N) is 2. The number of hydrogen-bond acceptors (Lipinski definition) is 5. The van der Waals surface area contributed by atoms with Crippen LogP contribution < -0.4 is 10.6 Å². The van der Waals surface area contributed by atoms with Gasteiger partial charge < -0.3 is 15.4 Å². The molecule has 1 aromatic carbocycles. The zero-order valence-corrected chi connectivity index (χ0v) is 14.0. The van der Waals surface area contributed by atoms with E-state index in [1.54, 1.807) is 19.2 Å². The topological polar surface area (TPSA) is 59.1 Å². The van der Waals surface area contributed by atoms with Crippen LogP contribution in [0.5, 0.6) is 0 Å². The summed E-state index contributed by atoms with van der Waals surface area (Å²) in [6.45, 7) is 3.34. The van der Waals surface area contributed by atoms with Gasteiger partial charge in [-0.1, -0.05) is 23.2 Å². The van der Waals surface area contributed by atoms with Crippen molar-refractivity contribution in [3.63, 3.8) is 0 Å². The van der Waals surface area contributed by atoms with Gasteiger partial charge in [0.25, 0.3) is 0 Å². The van der Waals surface area contributed by atoms with E-state index in [0.29, 0.717) is 28.3 Å². The van der Waals surface area contributed by atoms with Crippen molar-refractivity contribution in [2.45, 2.75) is 13.3 Å². The third kappa shape index (κ3) is 5.02. The molecule has 0 aliphatic rings. The maximum absolute atomic E-state index is 6.16. The van der Waals surface area contributed by atoms with Crippen LogP contribution in [0.15, 0.2) is 24.3 Å². The number of anilines is 3. The smallest absolute Gasteiger partial charge is 0.136 e. The molecule has 0 amide bonds. The molecular weight excluding hydrogens is 323 g/mol. The molecule has 0 saturated heterocycles. The van der Waals surface area contributed by atoms with Gasteiger partial charge in [0.05, 0.1) is 10.7 Å². The largest absolute Gasteiger partial charge is 0.385 e. The number of nitrogens with zero attached hydrogens (tertiary/aromatic N) is 2. The lowest BCUT2D eigenvalue weighted by molar-refractivity contribution is 0.198. The molecule has 0 bridgehead atoms. The first-order valence-corrected chi connectivity index (χ1v) is 7.64. The minimum Gasteiger partial charge on any atom is -0.385 e. The Hall–Kier alpha value is -1.56. The summed E-state index contributed by atoms with van der Waals surface area (Å²) in [5.41, 5.74) is 0.745. The predicted molar refractivity (Wildman–Crippen MR) is 91.5 cm³/mol. The second-order valence-corrected chi connectivity index (χ2v) is 5.55. The molecule has 0 spiro atoms. The molecule has 0 fully saturated rings. The monoisotopic (exact) mass is 340 g/mol. The Kier molecular flexibility index (Phi) is 6.24. The molecule has 2 rings (SSSR count). The van der Waals surface area contributed by atoms with Crippen molar-refractivity contribution >= 4 is 40.5 Å². The van der Waals surface area contributed by atoms with Gasteiger partial charge in [-0.3, -0.25) is 0 Å². The van der Waals surface area contributed by atoms with Crippen LogP contribution in [0.1, 0.15) is 12.2 Å². The Labute approximate surface area is 140 Å². The summed E-state index contributed by atoms with van der Waals surface area (Å²) >= 11 is 12.1. The third-order valence-corrected chi connectivity index (χ3v) is 3.41. The molecule has 1 heterocycles. The number of aryl methyl sites for hydroxylation is 1. The van der Waals surface area contributed by atoms with E-state index in [1.165, 1.54) is 0 Å². The zero-order chi connectivity index (χ0) is 15.9. The Bertz CT molecular complexity index is 637. The summed E-state index contributed by atoms with van der Waals surface area (Å²) in [5, 5.41) is 7.55. The lowest BCUT2D eigenvalue weighted by atomic mass is 10.3. The average molecular weight is 341 g/mol. The molecule has 0 aliphatic heterocycles. The lowest BCUT2D eigenvalue weighted by Gasteiger charge is -2.11. The maximum Gasteiger partial charge on any atom is 0.136 e. The SMILES string of the molecule is COCCCNc1cc(Nc2ccc(Cl)cc2Cl)nc(C)n1. The van der Waals surface area contributed by atoms with Crippen molar-refractivity contribution in [1.82, 2.24) is 9.97 Å². The zero-order valence-electron chi connectivity index (χ0n) is 12.5. The number of halogens is 2. The van der Waals surface area contributed by atoms with Crippen molar-refractivity contribution < 1.29 is 4.74 Å². The average Bonchev–Trinajstić information content (AvgIpc) is 2.46. The molecule has 0 unspecified atom stereocenters. The van der Waals surface area contributed by atoms with Crippen LogP contribution in [0.25, 0.3) is 0 Å². The molecule has 22 heavy (non-hydrogen) atoms. The molecule has 2 N–H and O–H groups in total. The van der Waals surface area contributed by atoms with Crippen molar-refractivity contribution in [3.8, 4) is 0 Å².